The zero-order valence-electron chi connectivity index (χ0n) is 22.2. The Hall–Kier alpha value is -1.90. The van der Waals surface area contributed by atoms with E-state index >= 15 is 0 Å². The minimum atomic E-state index is -0.502. The Balaban J connectivity index is 1.98. The summed E-state index contributed by atoms with van der Waals surface area (Å²) in [7, 11) is 0. The maximum Gasteiger partial charge on any atom is 0.0942 e. The van der Waals surface area contributed by atoms with E-state index in [1.165, 1.54) is 32.7 Å². The number of aliphatic hydroxyl groups is 1. The zero-order valence-corrected chi connectivity index (χ0v) is 22.2. The van der Waals surface area contributed by atoms with Gasteiger partial charge in [-0.2, -0.15) is 0 Å². The maximum atomic E-state index is 11.5. The van der Waals surface area contributed by atoms with Crippen molar-refractivity contribution in [3.8, 4) is 0 Å². The van der Waals surface area contributed by atoms with Crippen LogP contribution in [-0.4, -0.2) is 29.1 Å². The molecule has 0 spiro atoms. The molecule has 0 saturated carbocycles. The quantitative estimate of drug-likeness (QED) is 0.316. The van der Waals surface area contributed by atoms with Crippen LogP contribution in [0.5, 0.6) is 0 Å². The highest BCUT2D eigenvalue weighted by Gasteiger charge is 2.24. The van der Waals surface area contributed by atoms with Crippen LogP contribution >= 0.6 is 0 Å². The summed E-state index contributed by atoms with van der Waals surface area (Å²) in [6, 6.07) is 15.9. The largest absolute Gasteiger partial charge is 0.387 e. The summed E-state index contributed by atoms with van der Waals surface area (Å²) in [4.78, 5) is 2.50. The Kier molecular flexibility index (Phi) is 8.59. The van der Waals surface area contributed by atoms with E-state index in [-0.39, 0.29) is 6.04 Å². The molecule has 0 aliphatic heterocycles. The minimum absolute atomic E-state index is 0.0851. The average molecular weight is 448 g/mol. The van der Waals surface area contributed by atoms with Crippen LogP contribution in [0, 0.1) is 18.8 Å². The Morgan fingerprint density at radius 1 is 0.697 bits per heavy atom. The summed E-state index contributed by atoms with van der Waals surface area (Å²) in [5.41, 5.74) is 3.64. The summed E-state index contributed by atoms with van der Waals surface area (Å²) in [5, 5.41) is 16.6. The lowest BCUT2D eigenvalue weighted by Gasteiger charge is -2.34. The Labute approximate surface area is 202 Å². The van der Waals surface area contributed by atoms with Gasteiger partial charge >= 0.3 is 0 Å². The molecule has 0 aliphatic carbocycles. The van der Waals surface area contributed by atoms with Gasteiger partial charge in [-0.25, -0.2) is 0 Å². The van der Waals surface area contributed by atoms with Gasteiger partial charge in [0.15, 0.2) is 0 Å². The van der Waals surface area contributed by atoms with Crippen molar-refractivity contribution in [3.05, 3.63) is 59.2 Å². The smallest absolute Gasteiger partial charge is 0.0942 e. The monoisotopic (exact) mass is 447 g/mol. The molecule has 2 atom stereocenters. The predicted molar refractivity (Wildman–Crippen MR) is 145 cm³/mol. The molecule has 2 unspecified atom stereocenters. The van der Waals surface area contributed by atoms with E-state index in [2.05, 4.69) is 103 Å². The van der Waals surface area contributed by atoms with E-state index in [9.17, 15) is 5.11 Å². The molecule has 0 bridgehead atoms. The van der Waals surface area contributed by atoms with E-state index < -0.39 is 6.10 Å². The van der Waals surface area contributed by atoms with Gasteiger partial charge in [-0.05, 0) is 102 Å². The summed E-state index contributed by atoms with van der Waals surface area (Å²) in [6.45, 7) is 20.1. The minimum Gasteiger partial charge on any atom is -0.387 e. The lowest BCUT2D eigenvalue weighted by Crippen LogP contribution is -2.39. The normalized spacial score (nSPS) is 14.3. The van der Waals surface area contributed by atoms with Crippen molar-refractivity contribution in [2.45, 2.75) is 86.3 Å². The van der Waals surface area contributed by atoms with Crippen LogP contribution in [0.1, 0.15) is 90.0 Å². The molecule has 0 aliphatic rings. The number of hydrogen-bond acceptors (Lipinski definition) is 2. The molecule has 2 heteroatoms. The first-order chi connectivity index (χ1) is 15.6. The summed E-state index contributed by atoms with van der Waals surface area (Å²) >= 11 is 0. The van der Waals surface area contributed by atoms with Gasteiger partial charge in [0.1, 0.15) is 0 Å². The first-order valence-electron chi connectivity index (χ1n) is 13.0. The Morgan fingerprint density at radius 3 is 1.88 bits per heavy atom. The highest BCUT2D eigenvalue weighted by molar-refractivity contribution is 6.08. The van der Waals surface area contributed by atoms with Gasteiger partial charge in [0.25, 0.3) is 0 Å². The van der Waals surface area contributed by atoms with Crippen molar-refractivity contribution in [2.75, 3.05) is 13.1 Å². The van der Waals surface area contributed by atoms with Crippen molar-refractivity contribution in [1.82, 2.24) is 4.90 Å². The van der Waals surface area contributed by atoms with Crippen molar-refractivity contribution in [3.63, 3.8) is 0 Å². The van der Waals surface area contributed by atoms with Crippen LogP contribution in [0.25, 0.3) is 21.5 Å². The lowest BCUT2D eigenvalue weighted by molar-refractivity contribution is 0.0525. The van der Waals surface area contributed by atoms with Crippen molar-refractivity contribution >= 4 is 21.5 Å². The highest BCUT2D eigenvalue weighted by Crippen LogP contribution is 2.33. The van der Waals surface area contributed by atoms with Crippen LogP contribution in [-0.2, 0) is 0 Å². The van der Waals surface area contributed by atoms with Gasteiger partial charge in [-0.1, -0.05) is 77.9 Å². The predicted octanol–water partition coefficient (Wildman–Crippen LogP) is 8.24. The number of aryl methyl sites for hydroxylation is 1. The number of hydrogen-bond donors (Lipinski definition) is 1. The summed E-state index contributed by atoms with van der Waals surface area (Å²) < 4.78 is 0. The third kappa shape index (κ3) is 6.16. The molecular weight excluding hydrogens is 402 g/mol. The second-order valence-corrected chi connectivity index (χ2v) is 11.2. The van der Waals surface area contributed by atoms with E-state index in [4.69, 9.17) is 0 Å². The fraction of sp³-hybridized carbons (Fsp3) is 0.548. The molecular formula is C31H45NO. The molecule has 0 heterocycles. The van der Waals surface area contributed by atoms with Crippen LogP contribution in [0.4, 0.5) is 0 Å². The van der Waals surface area contributed by atoms with Gasteiger partial charge in [0.2, 0.25) is 0 Å². The molecule has 0 saturated heterocycles. The number of benzene rings is 3. The van der Waals surface area contributed by atoms with Crippen molar-refractivity contribution in [1.29, 1.82) is 0 Å². The summed E-state index contributed by atoms with van der Waals surface area (Å²) in [5.74, 6) is 1.85. The standard InChI is InChI=1S/C31H45NO/c1-20(2)13-15-32(16-14-21(3)4)24(8)31(33)27-17-23(7)28-11-10-26-18-25(22(5)6)9-12-29(26)30(28)19-27/h9-12,17-22,24,31,33H,13-16H2,1-8H3. The summed E-state index contributed by atoms with van der Waals surface area (Å²) in [6.07, 6.45) is 1.82. The molecule has 3 rings (SSSR count). The van der Waals surface area contributed by atoms with Gasteiger partial charge in [0, 0.05) is 6.04 Å². The lowest BCUT2D eigenvalue weighted by atomic mass is 9.91. The van der Waals surface area contributed by atoms with Crippen LogP contribution in [0.2, 0.25) is 0 Å². The molecule has 0 fully saturated rings. The maximum absolute atomic E-state index is 11.5. The fourth-order valence-electron chi connectivity index (χ4n) is 4.78. The highest BCUT2D eigenvalue weighted by atomic mass is 16.3. The molecule has 3 aromatic rings. The van der Waals surface area contributed by atoms with E-state index in [0.29, 0.717) is 17.8 Å². The van der Waals surface area contributed by atoms with Gasteiger partial charge in [-0.15, -0.1) is 0 Å². The molecule has 2 nitrogen and oxygen atoms in total. The second-order valence-electron chi connectivity index (χ2n) is 11.2. The van der Waals surface area contributed by atoms with Gasteiger partial charge < -0.3 is 5.11 Å². The third-order valence-corrected chi connectivity index (χ3v) is 7.23. The van der Waals surface area contributed by atoms with Crippen LogP contribution < -0.4 is 0 Å². The molecule has 3 aromatic carbocycles. The topological polar surface area (TPSA) is 23.5 Å². The van der Waals surface area contributed by atoms with E-state index in [0.717, 1.165) is 31.5 Å². The number of aliphatic hydroxyl groups excluding tert-OH is 1. The average Bonchev–Trinajstić information content (AvgIpc) is 2.77. The SMILES string of the molecule is Cc1cc(C(O)C(C)N(CCC(C)C)CCC(C)C)cc2c1ccc1cc(C(C)C)ccc12. The van der Waals surface area contributed by atoms with E-state index in [1.807, 2.05) is 0 Å². The van der Waals surface area contributed by atoms with Gasteiger partial charge in [-0.3, -0.25) is 4.90 Å². The Morgan fingerprint density at radius 2 is 1.30 bits per heavy atom. The van der Waals surface area contributed by atoms with E-state index in [1.54, 1.807) is 0 Å². The van der Waals surface area contributed by atoms with Crippen molar-refractivity contribution in [2.24, 2.45) is 11.8 Å². The zero-order chi connectivity index (χ0) is 24.3. The molecule has 0 amide bonds. The van der Waals surface area contributed by atoms with Gasteiger partial charge in [0.05, 0.1) is 6.10 Å². The first-order valence-corrected chi connectivity index (χ1v) is 13.0. The second kappa shape index (κ2) is 11.0. The first kappa shape index (κ1) is 25.7. The van der Waals surface area contributed by atoms with Crippen LogP contribution in [0.3, 0.4) is 0 Å². The molecule has 33 heavy (non-hydrogen) atoms. The third-order valence-electron chi connectivity index (χ3n) is 7.23. The molecule has 0 aromatic heterocycles. The molecule has 180 valence electrons. The van der Waals surface area contributed by atoms with Crippen LogP contribution in [0.15, 0.2) is 42.5 Å². The Bertz CT molecular complexity index is 1050. The van der Waals surface area contributed by atoms with Crippen molar-refractivity contribution < 1.29 is 5.11 Å². The number of nitrogens with zero attached hydrogens (tertiary/aromatic N) is 1. The molecule has 0 radical (unpaired) electrons. The fourth-order valence-corrected chi connectivity index (χ4v) is 4.78. The molecule has 1 N–H and O–H groups in total. The number of rotatable bonds is 10. The number of fused-ring (bicyclic) bond motifs is 3.